The lowest BCUT2D eigenvalue weighted by Crippen LogP contribution is -2.16. The maximum absolute atomic E-state index is 11.3. The zero-order chi connectivity index (χ0) is 17.0. The van der Waals surface area contributed by atoms with Gasteiger partial charge in [-0.05, 0) is 29.4 Å². The zero-order valence-electron chi connectivity index (χ0n) is 12.9. The van der Waals surface area contributed by atoms with Gasteiger partial charge in [-0.15, -0.1) is 0 Å². The molecule has 0 saturated heterocycles. The van der Waals surface area contributed by atoms with Crippen molar-refractivity contribution in [2.24, 2.45) is 4.99 Å². The van der Waals surface area contributed by atoms with Crippen LogP contribution in [0.15, 0.2) is 17.6 Å². The predicted octanol–water partition coefficient (Wildman–Crippen LogP) is 3.08. The number of aliphatic imine (C=N–C) groups is 1. The second kappa shape index (κ2) is 7.57. The lowest BCUT2D eigenvalue weighted by Gasteiger charge is -2.14. The highest BCUT2D eigenvalue weighted by Gasteiger charge is 2.17. The van der Waals surface area contributed by atoms with E-state index in [-0.39, 0.29) is 12.5 Å². The third kappa shape index (κ3) is 5.42. The first-order valence-corrected chi connectivity index (χ1v) is 10.4. The summed E-state index contributed by atoms with van der Waals surface area (Å²) in [6.45, 7) is 2.28. The van der Waals surface area contributed by atoms with Gasteiger partial charge in [-0.25, -0.2) is 19.9 Å². The van der Waals surface area contributed by atoms with E-state index in [0.29, 0.717) is 23.5 Å². The topological polar surface area (TPSA) is 85.5 Å². The van der Waals surface area contributed by atoms with E-state index in [4.69, 9.17) is 27.2 Å². The van der Waals surface area contributed by atoms with E-state index in [1.54, 1.807) is 17.6 Å². The van der Waals surface area contributed by atoms with Gasteiger partial charge in [0.1, 0.15) is 12.7 Å². The van der Waals surface area contributed by atoms with Gasteiger partial charge in [0.15, 0.2) is 17.0 Å². The molecule has 0 N–H and O–H groups in total. The van der Waals surface area contributed by atoms with Crippen LogP contribution in [0.3, 0.4) is 0 Å². The molecule has 0 unspecified atom stereocenters. The molecule has 0 amide bonds. The monoisotopic (exact) mass is 378 g/mol. The van der Waals surface area contributed by atoms with Crippen molar-refractivity contribution in [2.75, 3.05) is 20.4 Å². The number of hydrogen-bond acceptors (Lipinski definition) is 6. The molecule has 2 rings (SSSR count). The number of fused-ring (bicyclic) bond motifs is 1. The Labute approximate surface area is 143 Å². The molecule has 0 aliphatic heterocycles. The predicted molar refractivity (Wildman–Crippen MR) is 91.9 cm³/mol. The molecule has 0 saturated carbocycles. The summed E-state index contributed by atoms with van der Waals surface area (Å²) >= 11 is 10.9. The summed E-state index contributed by atoms with van der Waals surface area (Å²) < 4.78 is 18.4. The number of ether oxygens (including phenoxy) is 1. The molecule has 11 heteroatoms. The van der Waals surface area contributed by atoms with Gasteiger partial charge in [-0.3, -0.25) is 4.57 Å². The molecule has 23 heavy (non-hydrogen) atoms. The summed E-state index contributed by atoms with van der Waals surface area (Å²) in [5, 5.41) is 0. The molecule has 126 valence electrons. The van der Waals surface area contributed by atoms with Crippen molar-refractivity contribution >= 4 is 51.6 Å². The first-order valence-electron chi connectivity index (χ1n) is 6.72. The summed E-state index contributed by atoms with van der Waals surface area (Å²) in [4.78, 5) is 18.7. The van der Waals surface area contributed by atoms with E-state index in [0.717, 1.165) is 0 Å². The second-order valence-electron chi connectivity index (χ2n) is 5.15. The molecule has 0 aliphatic carbocycles. The zero-order valence-corrected chi connectivity index (χ0v) is 15.3. The van der Waals surface area contributed by atoms with Crippen LogP contribution in [0, 0.1) is 0 Å². The fraction of sp³-hybridized carbons (Fsp3) is 0.500. The molecule has 0 aromatic carbocycles. The highest BCUT2D eigenvalue weighted by Crippen LogP contribution is 2.56. The van der Waals surface area contributed by atoms with Crippen LogP contribution in [0.2, 0.25) is 0 Å². The summed E-state index contributed by atoms with van der Waals surface area (Å²) in [6.07, 6.45) is 4.25. The van der Waals surface area contributed by atoms with E-state index in [1.165, 1.54) is 6.33 Å². The quantitative estimate of drug-likeness (QED) is 0.418. The van der Waals surface area contributed by atoms with Crippen molar-refractivity contribution in [2.45, 2.75) is 19.6 Å². The molecular formula is C12H17Cl2N6O2P. The van der Waals surface area contributed by atoms with Gasteiger partial charge in [0, 0.05) is 14.1 Å². The SMILES string of the molecule is C[C@H](Cn1cnc2c(/N=C\N(C)C)ncnc21)OCP(=O)(Cl)Cl. The summed E-state index contributed by atoms with van der Waals surface area (Å²) in [5.41, 5.74) is 1.24. The van der Waals surface area contributed by atoms with Gasteiger partial charge < -0.3 is 14.2 Å². The average molecular weight is 379 g/mol. The molecular weight excluding hydrogens is 362 g/mol. The van der Waals surface area contributed by atoms with Gasteiger partial charge in [-0.2, -0.15) is 0 Å². The number of nitrogens with zero attached hydrogens (tertiary/aromatic N) is 6. The van der Waals surface area contributed by atoms with Crippen LogP contribution in [0.4, 0.5) is 5.82 Å². The van der Waals surface area contributed by atoms with Crippen LogP contribution >= 0.6 is 28.3 Å². The normalized spacial score (nSPS) is 13.8. The number of imidazole rings is 1. The second-order valence-corrected chi connectivity index (χ2v) is 10.3. The van der Waals surface area contributed by atoms with Gasteiger partial charge in [0.25, 0.3) is 5.85 Å². The number of halogens is 2. The largest absolute Gasteiger partial charge is 0.369 e. The maximum Gasteiger partial charge on any atom is 0.277 e. The minimum atomic E-state index is -3.24. The van der Waals surface area contributed by atoms with Gasteiger partial charge >= 0.3 is 0 Å². The van der Waals surface area contributed by atoms with Crippen molar-refractivity contribution < 1.29 is 9.30 Å². The molecule has 0 bridgehead atoms. The molecule has 1 atom stereocenters. The molecule has 8 nitrogen and oxygen atoms in total. The molecule has 0 radical (unpaired) electrons. The van der Waals surface area contributed by atoms with Gasteiger partial charge in [0.2, 0.25) is 0 Å². The number of hydrogen-bond donors (Lipinski definition) is 0. The van der Waals surface area contributed by atoms with Crippen LogP contribution in [-0.4, -0.2) is 57.3 Å². The fourth-order valence-corrected chi connectivity index (χ4v) is 2.58. The van der Waals surface area contributed by atoms with Crippen LogP contribution in [0.1, 0.15) is 6.92 Å². The molecule has 0 fully saturated rings. The van der Waals surface area contributed by atoms with E-state index in [2.05, 4.69) is 19.9 Å². The lowest BCUT2D eigenvalue weighted by atomic mass is 10.4. The number of aromatic nitrogens is 4. The third-order valence-corrected chi connectivity index (χ3v) is 3.79. The van der Waals surface area contributed by atoms with Crippen molar-refractivity contribution in [3.63, 3.8) is 0 Å². The van der Waals surface area contributed by atoms with Crippen molar-refractivity contribution in [1.82, 2.24) is 24.4 Å². The van der Waals surface area contributed by atoms with Crippen LogP contribution < -0.4 is 0 Å². The van der Waals surface area contributed by atoms with Crippen LogP contribution in [-0.2, 0) is 15.8 Å². The standard InChI is InChI=1S/C12H17Cl2N6O2P/c1-9(22-8-23(13,14)21)4-20-7-17-10-11(18-6-19(2)3)15-5-16-12(10)20/h5-7,9H,4,8H2,1-3H3/b18-6-/t9-/m1/s1. The Bertz CT molecular complexity index is 744. The van der Waals surface area contributed by atoms with E-state index in [1.807, 2.05) is 25.6 Å². The molecule has 2 aromatic rings. The summed E-state index contributed by atoms with van der Waals surface area (Å²) in [7, 11) is 3.73. The molecule has 2 aromatic heterocycles. The van der Waals surface area contributed by atoms with E-state index in [9.17, 15) is 4.57 Å². The fourth-order valence-electron chi connectivity index (χ4n) is 1.81. The highest BCUT2D eigenvalue weighted by molar-refractivity contribution is 8.08. The van der Waals surface area contributed by atoms with E-state index < -0.39 is 5.85 Å². The Balaban J connectivity index is 2.16. The van der Waals surface area contributed by atoms with Gasteiger partial charge in [-0.1, -0.05) is 0 Å². The molecule has 0 aliphatic rings. The third-order valence-electron chi connectivity index (χ3n) is 2.76. The van der Waals surface area contributed by atoms with Gasteiger partial charge in [0.05, 0.1) is 25.3 Å². The van der Waals surface area contributed by atoms with Crippen molar-refractivity contribution in [3.05, 3.63) is 12.7 Å². The first-order chi connectivity index (χ1) is 10.8. The Hall–Kier alpha value is -1.21. The molecule has 2 heterocycles. The Kier molecular flexibility index (Phi) is 5.97. The Morgan fingerprint density at radius 3 is 2.83 bits per heavy atom. The van der Waals surface area contributed by atoms with Crippen molar-refractivity contribution in [3.8, 4) is 0 Å². The first kappa shape index (κ1) is 18.1. The number of rotatable bonds is 7. The van der Waals surface area contributed by atoms with E-state index >= 15 is 0 Å². The summed E-state index contributed by atoms with van der Waals surface area (Å²) in [6, 6.07) is 0. The maximum atomic E-state index is 11.3. The van der Waals surface area contributed by atoms with Crippen molar-refractivity contribution in [1.29, 1.82) is 0 Å². The Morgan fingerprint density at radius 2 is 2.17 bits per heavy atom. The smallest absolute Gasteiger partial charge is 0.277 e. The van der Waals surface area contributed by atoms with Crippen LogP contribution in [0.25, 0.3) is 11.2 Å². The average Bonchev–Trinajstić information content (AvgIpc) is 2.86. The minimum absolute atomic E-state index is 0.197. The molecule has 0 spiro atoms. The van der Waals surface area contributed by atoms with Crippen LogP contribution in [0.5, 0.6) is 0 Å². The minimum Gasteiger partial charge on any atom is -0.369 e. The highest BCUT2D eigenvalue weighted by atomic mass is 35.9. The Morgan fingerprint density at radius 1 is 1.43 bits per heavy atom. The lowest BCUT2D eigenvalue weighted by molar-refractivity contribution is 0.0884. The summed E-state index contributed by atoms with van der Waals surface area (Å²) in [5.74, 6) is -2.75.